The lowest BCUT2D eigenvalue weighted by Crippen LogP contribution is -2.30. The van der Waals surface area contributed by atoms with Gasteiger partial charge in [-0.15, -0.1) is 5.10 Å². The summed E-state index contributed by atoms with van der Waals surface area (Å²) in [5.41, 5.74) is 8.28. The zero-order valence-corrected chi connectivity index (χ0v) is 13.5. The Morgan fingerprint density at radius 3 is 2.67 bits per heavy atom. The second kappa shape index (κ2) is 6.22. The molecular formula is C15H20N4OS. The highest BCUT2D eigenvalue weighted by Crippen LogP contribution is 2.26. The number of hydrogen-bond acceptors (Lipinski definition) is 5. The maximum atomic E-state index is 12.7. The Balaban J connectivity index is 2.24. The number of rotatable bonds is 4. The van der Waals surface area contributed by atoms with Crippen LogP contribution in [0.3, 0.4) is 0 Å². The maximum absolute atomic E-state index is 12.7. The van der Waals surface area contributed by atoms with Crippen LogP contribution in [0.25, 0.3) is 0 Å². The summed E-state index contributed by atoms with van der Waals surface area (Å²) in [5.74, 6) is 0.127. The summed E-state index contributed by atoms with van der Waals surface area (Å²) in [6.07, 6.45) is 0. The third kappa shape index (κ3) is 3.21. The molecule has 21 heavy (non-hydrogen) atoms. The minimum absolute atomic E-state index is 0.0522. The summed E-state index contributed by atoms with van der Waals surface area (Å²) in [4.78, 5) is 15.0. The van der Waals surface area contributed by atoms with Crippen LogP contribution in [0.5, 0.6) is 0 Å². The van der Waals surface area contributed by atoms with Crippen LogP contribution < -0.4 is 5.73 Å². The number of benzene rings is 1. The van der Waals surface area contributed by atoms with Crippen LogP contribution in [0.1, 0.15) is 53.7 Å². The van der Waals surface area contributed by atoms with Crippen LogP contribution in [-0.4, -0.2) is 27.4 Å². The van der Waals surface area contributed by atoms with Gasteiger partial charge in [-0.05, 0) is 42.1 Å². The molecule has 0 radical (unpaired) electrons. The van der Waals surface area contributed by atoms with Crippen LogP contribution >= 0.6 is 11.5 Å². The number of aromatic nitrogens is 2. The molecule has 0 saturated carbocycles. The fourth-order valence-electron chi connectivity index (χ4n) is 2.10. The van der Waals surface area contributed by atoms with Crippen LogP contribution in [0, 0.1) is 0 Å². The molecule has 0 spiro atoms. The monoisotopic (exact) mass is 304 g/mol. The van der Waals surface area contributed by atoms with Gasteiger partial charge in [0.05, 0.1) is 11.7 Å². The molecule has 0 aliphatic carbocycles. The van der Waals surface area contributed by atoms with Gasteiger partial charge in [0.1, 0.15) is 4.88 Å². The Labute approximate surface area is 128 Å². The van der Waals surface area contributed by atoms with Crippen LogP contribution in [-0.2, 0) is 0 Å². The van der Waals surface area contributed by atoms with Crippen LogP contribution in [0.2, 0.25) is 0 Å². The molecule has 0 saturated heterocycles. The second-order valence-electron chi connectivity index (χ2n) is 5.40. The minimum atomic E-state index is -0.0666. The lowest BCUT2D eigenvalue weighted by Gasteiger charge is -2.25. The Hall–Kier alpha value is -1.95. The smallest absolute Gasteiger partial charge is 0.267 e. The first kappa shape index (κ1) is 15.4. The van der Waals surface area contributed by atoms with Crippen molar-refractivity contribution < 1.29 is 4.79 Å². The average Bonchev–Trinajstić information content (AvgIpc) is 2.94. The summed E-state index contributed by atoms with van der Waals surface area (Å²) in [6, 6.07) is 7.53. The Morgan fingerprint density at radius 1 is 1.33 bits per heavy atom. The number of nitrogens with zero attached hydrogens (tertiary/aromatic N) is 3. The molecule has 1 heterocycles. The summed E-state index contributed by atoms with van der Waals surface area (Å²) in [6.45, 7) is 6.00. The number of nitrogens with two attached hydrogens (primary N) is 1. The van der Waals surface area contributed by atoms with E-state index < -0.39 is 0 Å². The highest BCUT2D eigenvalue weighted by molar-refractivity contribution is 7.08. The zero-order chi connectivity index (χ0) is 15.6. The molecule has 2 N–H and O–H groups in total. The minimum Gasteiger partial charge on any atom is -0.399 e. The molecular weight excluding hydrogens is 284 g/mol. The standard InChI is InChI=1S/C15H20N4OS/c1-9(2)13-14(21-18-17-13)15(20)19(4)10(3)11-6-5-7-12(16)8-11/h5-10H,16H2,1-4H3. The van der Waals surface area contributed by atoms with E-state index in [1.54, 1.807) is 11.9 Å². The summed E-state index contributed by atoms with van der Waals surface area (Å²) in [7, 11) is 1.79. The molecule has 1 atom stereocenters. The number of carbonyl (C=O) groups is 1. The van der Waals surface area contributed by atoms with Gasteiger partial charge in [-0.1, -0.05) is 30.5 Å². The first-order chi connectivity index (χ1) is 9.91. The highest BCUT2D eigenvalue weighted by Gasteiger charge is 2.25. The molecule has 5 nitrogen and oxygen atoms in total. The van der Waals surface area contributed by atoms with Crippen molar-refractivity contribution in [2.24, 2.45) is 0 Å². The zero-order valence-electron chi connectivity index (χ0n) is 12.7. The van der Waals surface area contributed by atoms with E-state index >= 15 is 0 Å². The van der Waals surface area contributed by atoms with Gasteiger partial charge >= 0.3 is 0 Å². The highest BCUT2D eigenvalue weighted by atomic mass is 32.1. The van der Waals surface area contributed by atoms with Gasteiger partial charge in [0.2, 0.25) is 0 Å². The van der Waals surface area contributed by atoms with Crippen molar-refractivity contribution in [2.75, 3.05) is 12.8 Å². The van der Waals surface area contributed by atoms with E-state index in [1.165, 1.54) is 0 Å². The van der Waals surface area contributed by atoms with E-state index in [4.69, 9.17) is 5.73 Å². The molecule has 112 valence electrons. The molecule has 0 aliphatic heterocycles. The fourth-order valence-corrected chi connectivity index (χ4v) is 2.90. The lowest BCUT2D eigenvalue weighted by molar-refractivity contribution is 0.0746. The Morgan fingerprint density at radius 2 is 2.05 bits per heavy atom. The van der Waals surface area contributed by atoms with Gasteiger partial charge in [-0.2, -0.15) is 0 Å². The molecule has 1 amide bonds. The maximum Gasteiger partial charge on any atom is 0.267 e. The molecule has 0 fully saturated rings. The summed E-state index contributed by atoms with van der Waals surface area (Å²) >= 11 is 1.15. The Bertz CT molecular complexity index is 638. The lowest BCUT2D eigenvalue weighted by atomic mass is 10.1. The number of amides is 1. The average molecular weight is 304 g/mol. The molecule has 0 bridgehead atoms. The van der Waals surface area contributed by atoms with Gasteiger partial charge < -0.3 is 10.6 Å². The summed E-state index contributed by atoms with van der Waals surface area (Å²) < 4.78 is 3.92. The van der Waals surface area contributed by atoms with Crippen molar-refractivity contribution >= 4 is 23.1 Å². The number of nitrogen functional groups attached to an aromatic ring is 1. The molecule has 2 rings (SSSR count). The topological polar surface area (TPSA) is 72.1 Å². The van der Waals surface area contributed by atoms with E-state index in [-0.39, 0.29) is 17.9 Å². The predicted octanol–water partition coefficient (Wildman–Crippen LogP) is 3.08. The predicted molar refractivity (Wildman–Crippen MR) is 85.4 cm³/mol. The number of hydrogen-bond donors (Lipinski definition) is 1. The van der Waals surface area contributed by atoms with E-state index in [0.717, 1.165) is 22.8 Å². The van der Waals surface area contributed by atoms with E-state index in [9.17, 15) is 4.79 Å². The van der Waals surface area contributed by atoms with Crippen molar-refractivity contribution in [2.45, 2.75) is 32.7 Å². The summed E-state index contributed by atoms with van der Waals surface area (Å²) in [5, 5.41) is 4.07. The van der Waals surface area contributed by atoms with Gasteiger partial charge in [0, 0.05) is 12.7 Å². The second-order valence-corrected chi connectivity index (χ2v) is 6.16. The molecule has 6 heteroatoms. The SMILES string of the molecule is CC(C)c1nnsc1C(=O)N(C)C(C)c1cccc(N)c1. The van der Waals surface area contributed by atoms with Crippen molar-refractivity contribution in [1.82, 2.24) is 14.5 Å². The van der Waals surface area contributed by atoms with E-state index in [0.29, 0.717) is 10.6 Å². The third-order valence-electron chi connectivity index (χ3n) is 3.55. The molecule has 1 unspecified atom stereocenters. The largest absolute Gasteiger partial charge is 0.399 e. The number of anilines is 1. The van der Waals surface area contributed by atoms with Gasteiger partial charge in [0.15, 0.2) is 0 Å². The van der Waals surface area contributed by atoms with Crippen molar-refractivity contribution in [3.8, 4) is 0 Å². The molecule has 1 aromatic carbocycles. The third-order valence-corrected chi connectivity index (χ3v) is 4.28. The molecule has 1 aromatic heterocycles. The molecule has 2 aromatic rings. The van der Waals surface area contributed by atoms with E-state index in [2.05, 4.69) is 9.59 Å². The first-order valence-electron chi connectivity index (χ1n) is 6.86. The van der Waals surface area contributed by atoms with Crippen LogP contribution in [0.4, 0.5) is 5.69 Å². The van der Waals surface area contributed by atoms with Crippen molar-refractivity contribution in [3.63, 3.8) is 0 Å². The quantitative estimate of drug-likeness (QED) is 0.881. The fraction of sp³-hybridized carbons (Fsp3) is 0.400. The van der Waals surface area contributed by atoms with Crippen LogP contribution in [0.15, 0.2) is 24.3 Å². The van der Waals surface area contributed by atoms with Crippen molar-refractivity contribution in [1.29, 1.82) is 0 Å². The van der Waals surface area contributed by atoms with Crippen molar-refractivity contribution in [3.05, 3.63) is 40.4 Å². The number of carbonyl (C=O) groups excluding carboxylic acids is 1. The van der Waals surface area contributed by atoms with Gasteiger partial charge in [-0.25, -0.2) is 0 Å². The normalized spacial score (nSPS) is 12.4. The van der Waals surface area contributed by atoms with Gasteiger partial charge in [-0.3, -0.25) is 4.79 Å². The van der Waals surface area contributed by atoms with E-state index in [1.807, 2.05) is 45.0 Å². The molecule has 0 aliphatic rings. The Kier molecular flexibility index (Phi) is 4.57. The van der Waals surface area contributed by atoms with Gasteiger partial charge in [0.25, 0.3) is 5.91 Å². The first-order valence-corrected chi connectivity index (χ1v) is 7.64.